The van der Waals surface area contributed by atoms with Crippen molar-refractivity contribution in [2.45, 2.75) is 24.0 Å². The van der Waals surface area contributed by atoms with Crippen molar-refractivity contribution in [2.75, 3.05) is 26.0 Å². The first-order chi connectivity index (χ1) is 11.4. The Balaban J connectivity index is 1.85. The quantitative estimate of drug-likeness (QED) is 0.899. The highest BCUT2D eigenvalue weighted by atomic mass is 32.2. The molecule has 1 atom stereocenters. The van der Waals surface area contributed by atoms with Crippen molar-refractivity contribution in [1.29, 1.82) is 0 Å². The molecule has 1 fully saturated rings. The number of thioether (sulfide) groups is 1. The largest absolute Gasteiger partial charge is 0.497 e. The lowest BCUT2D eigenvalue weighted by Crippen LogP contribution is -2.39. The van der Waals surface area contributed by atoms with Crippen molar-refractivity contribution < 1.29 is 13.2 Å². The Bertz CT molecular complexity index is 796. The van der Waals surface area contributed by atoms with Gasteiger partial charge in [0.15, 0.2) is 0 Å². The van der Waals surface area contributed by atoms with Gasteiger partial charge in [-0.05, 0) is 31.5 Å². The number of H-pyrrole nitrogens is 1. The van der Waals surface area contributed by atoms with Crippen molar-refractivity contribution in [3.05, 3.63) is 41.2 Å². The molecular formula is C16H21N3O3S2. The smallest absolute Gasteiger partial charge is 0.246 e. The minimum Gasteiger partial charge on any atom is -0.497 e. The number of sulfonamides is 1. The van der Waals surface area contributed by atoms with Gasteiger partial charge >= 0.3 is 0 Å². The Kier molecular flexibility index (Phi) is 4.89. The van der Waals surface area contributed by atoms with Crippen LogP contribution < -0.4 is 4.74 Å². The Hall–Kier alpha value is -1.51. The summed E-state index contributed by atoms with van der Waals surface area (Å²) < 4.78 is 32.8. The molecule has 1 aromatic carbocycles. The number of hydrogen-bond acceptors (Lipinski definition) is 5. The van der Waals surface area contributed by atoms with Crippen LogP contribution in [0, 0.1) is 13.8 Å². The van der Waals surface area contributed by atoms with Gasteiger partial charge in [0.05, 0.1) is 18.5 Å². The summed E-state index contributed by atoms with van der Waals surface area (Å²) in [4.78, 5) is 0.308. The molecule has 1 unspecified atom stereocenters. The van der Waals surface area contributed by atoms with E-state index in [0.29, 0.717) is 29.4 Å². The molecule has 0 amide bonds. The molecule has 1 saturated heterocycles. The van der Waals surface area contributed by atoms with E-state index in [4.69, 9.17) is 4.74 Å². The standard InChI is InChI=1S/C16H21N3O3S2/c1-11-16(12(2)18-17-11)24(20,21)19-8-9-23-15(10-19)13-4-6-14(22-3)7-5-13/h4-7,15H,8-10H2,1-3H3,(H,17,18). The van der Waals surface area contributed by atoms with Gasteiger partial charge in [-0.3, -0.25) is 5.10 Å². The van der Waals surface area contributed by atoms with E-state index in [1.54, 1.807) is 37.0 Å². The lowest BCUT2D eigenvalue weighted by molar-refractivity contribution is 0.412. The summed E-state index contributed by atoms with van der Waals surface area (Å²) in [6.45, 7) is 4.44. The number of nitrogens with zero attached hydrogens (tertiary/aromatic N) is 2. The highest BCUT2D eigenvalue weighted by Crippen LogP contribution is 2.36. The number of aryl methyl sites for hydroxylation is 2. The molecule has 0 radical (unpaired) electrons. The molecule has 3 rings (SSSR count). The maximum absolute atomic E-state index is 13.0. The highest BCUT2D eigenvalue weighted by molar-refractivity contribution is 7.99. The molecule has 8 heteroatoms. The predicted octanol–water partition coefficient (Wildman–Crippen LogP) is 2.51. The summed E-state index contributed by atoms with van der Waals surface area (Å²) in [6, 6.07) is 7.82. The molecule has 1 aliphatic heterocycles. The summed E-state index contributed by atoms with van der Waals surface area (Å²) in [7, 11) is -1.90. The Labute approximate surface area is 146 Å². The fourth-order valence-electron chi connectivity index (χ4n) is 2.91. The first-order valence-electron chi connectivity index (χ1n) is 7.70. The van der Waals surface area contributed by atoms with Crippen molar-refractivity contribution in [1.82, 2.24) is 14.5 Å². The van der Waals surface area contributed by atoms with E-state index in [0.717, 1.165) is 17.1 Å². The van der Waals surface area contributed by atoms with E-state index in [-0.39, 0.29) is 5.25 Å². The highest BCUT2D eigenvalue weighted by Gasteiger charge is 2.34. The molecule has 1 N–H and O–H groups in total. The number of nitrogens with one attached hydrogen (secondary N) is 1. The van der Waals surface area contributed by atoms with Crippen molar-refractivity contribution in [3.63, 3.8) is 0 Å². The fraction of sp³-hybridized carbons (Fsp3) is 0.438. The summed E-state index contributed by atoms with van der Waals surface area (Å²) >= 11 is 1.78. The second-order valence-corrected chi connectivity index (χ2v) is 8.94. The van der Waals surface area contributed by atoms with E-state index < -0.39 is 10.0 Å². The minimum absolute atomic E-state index is 0.118. The SMILES string of the molecule is COc1ccc(C2CN(S(=O)(=O)c3c(C)n[nH]c3C)CCS2)cc1. The molecule has 6 nitrogen and oxygen atoms in total. The zero-order valence-electron chi connectivity index (χ0n) is 13.9. The predicted molar refractivity (Wildman–Crippen MR) is 95.0 cm³/mol. The molecule has 130 valence electrons. The normalized spacial score (nSPS) is 19.4. The number of ether oxygens (including phenoxy) is 1. The summed E-state index contributed by atoms with van der Waals surface area (Å²) in [5.41, 5.74) is 2.22. The molecule has 24 heavy (non-hydrogen) atoms. The van der Waals surface area contributed by atoms with Crippen LogP contribution >= 0.6 is 11.8 Å². The van der Waals surface area contributed by atoms with Crippen LogP contribution in [0.25, 0.3) is 0 Å². The average molecular weight is 367 g/mol. The second-order valence-electron chi connectivity index (χ2n) is 5.76. The zero-order chi connectivity index (χ0) is 17.3. The summed E-state index contributed by atoms with van der Waals surface area (Å²) in [5.74, 6) is 1.57. The molecule has 0 spiro atoms. The van der Waals surface area contributed by atoms with Crippen LogP contribution in [0.3, 0.4) is 0 Å². The van der Waals surface area contributed by atoms with Crippen molar-refractivity contribution in [3.8, 4) is 5.75 Å². The topological polar surface area (TPSA) is 75.3 Å². The summed E-state index contributed by atoms with van der Waals surface area (Å²) in [6.07, 6.45) is 0. The van der Waals surface area contributed by atoms with Gasteiger partial charge in [-0.25, -0.2) is 8.42 Å². The van der Waals surface area contributed by atoms with Crippen LogP contribution in [0.2, 0.25) is 0 Å². The zero-order valence-corrected chi connectivity index (χ0v) is 15.6. The molecule has 2 heterocycles. The Morgan fingerprint density at radius 1 is 1.29 bits per heavy atom. The van der Waals surface area contributed by atoms with E-state index in [1.807, 2.05) is 24.3 Å². The van der Waals surface area contributed by atoms with Crippen LogP contribution in [-0.2, 0) is 10.0 Å². The average Bonchev–Trinajstić information content (AvgIpc) is 2.94. The molecule has 2 aromatic rings. The number of rotatable bonds is 4. The number of hydrogen-bond donors (Lipinski definition) is 1. The van der Waals surface area contributed by atoms with E-state index >= 15 is 0 Å². The van der Waals surface area contributed by atoms with Crippen LogP contribution in [0.5, 0.6) is 5.75 Å². The fourth-order valence-corrected chi connectivity index (χ4v) is 6.16. The maximum atomic E-state index is 13.0. The first-order valence-corrected chi connectivity index (χ1v) is 10.2. The van der Waals surface area contributed by atoms with E-state index in [1.165, 1.54) is 0 Å². The van der Waals surface area contributed by atoms with Gasteiger partial charge < -0.3 is 4.74 Å². The molecule has 1 aromatic heterocycles. The first kappa shape index (κ1) is 17.3. The van der Waals surface area contributed by atoms with Crippen LogP contribution in [-0.4, -0.2) is 48.9 Å². The molecule has 1 aliphatic rings. The minimum atomic E-state index is -3.53. The Morgan fingerprint density at radius 3 is 2.58 bits per heavy atom. The van der Waals surface area contributed by atoms with Gasteiger partial charge in [-0.2, -0.15) is 21.2 Å². The van der Waals surface area contributed by atoms with E-state index in [9.17, 15) is 8.42 Å². The van der Waals surface area contributed by atoms with Gasteiger partial charge in [-0.1, -0.05) is 12.1 Å². The number of methoxy groups -OCH3 is 1. The van der Waals surface area contributed by atoms with Gasteiger partial charge in [0.1, 0.15) is 10.6 Å². The Morgan fingerprint density at radius 2 is 2.00 bits per heavy atom. The van der Waals surface area contributed by atoms with Crippen LogP contribution in [0.1, 0.15) is 22.2 Å². The maximum Gasteiger partial charge on any atom is 0.246 e. The van der Waals surface area contributed by atoms with Crippen LogP contribution in [0.4, 0.5) is 0 Å². The van der Waals surface area contributed by atoms with Crippen molar-refractivity contribution in [2.24, 2.45) is 0 Å². The third-order valence-corrected chi connectivity index (χ3v) is 7.55. The number of aromatic amines is 1. The second kappa shape index (κ2) is 6.78. The molecule has 0 saturated carbocycles. The molecule has 0 aliphatic carbocycles. The van der Waals surface area contributed by atoms with Crippen LogP contribution in [0.15, 0.2) is 29.2 Å². The lowest BCUT2D eigenvalue weighted by Gasteiger charge is -2.32. The van der Waals surface area contributed by atoms with Gasteiger partial charge in [0, 0.05) is 24.1 Å². The number of benzene rings is 1. The van der Waals surface area contributed by atoms with Crippen molar-refractivity contribution >= 4 is 21.8 Å². The van der Waals surface area contributed by atoms with Gasteiger partial charge in [0.2, 0.25) is 10.0 Å². The van der Waals surface area contributed by atoms with E-state index in [2.05, 4.69) is 10.2 Å². The molecular weight excluding hydrogens is 346 g/mol. The summed E-state index contributed by atoms with van der Waals surface area (Å²) in [5, 5.41) is 6.90. The van der Waals surface area contributed by atoms with Gasteiger partial charge in [-0.15, -0.1) is 0 Å². The van der Waals surface area contributed by atoms with Gasteiger partial charge in [0.25, 0.3) is 0 Å². The third-order valence-electron chi connectivity index (χ3n) is 4.18. The number of aromatic nitrogens is 2. The monoisotopic (exact) mass is 367 g/mol. The third kappa shape index (κ3) is 3.18. The lowest BCUT2D eigenvalue weighted by atomic mass is 10.1. The molecule has 0 bridgehead atoms.